The largest absolute Gasteiger partial charge is 0.376 e. The minimum absolute atomic E-state index is 0.0969. The van der Waals surface area contributed by atoms with Crippen LogP contribution in [0.4, 0.5) is 14.9 Å². The SMILES string of the molecule is O=C(NC[C@@H]1CCCO1)c1ccc(N2CCCN(Cc3ccccc3F)C2=O)cc1. The molecule has 7 heteroatoms. The highest BCUT2D eigenvalue weighted by Crippen LogP contribution is 2.23. The van der Waals surface area contributed by atoms with E-state index in [4.69, 9.17) is 4.74 Å². The number of nitrogens with zero attached hydrogens (tertiary/aromatic N) is 2. The predicted octanol–water partition coefficient (Wildman–Crippen LogP) is 3.57. The van der Waals surface area contributed by atoms with Crippen LogP contribution >= 0.6 is 0 Å². The van der Waals surface area contributed by atoms with Crippen molar-refractivity contribution in [2.75, 3.05) is 31.1 Å². The lowest BCUT2D eigenvalue weighted by molar-refractivity contribution is 0.0858. The van der Waals surface area contributed by atoms with Gasteiger partial charge in [0.2, 0.25) is 0 Å². The maximum absolute atomic E-state index is 14.0. The van der Waals surface area contributed by atoms with Gasteiger partial charge in [0.25, 0.3) is 5.91 Å². The monoisotopic (exact) mass is 411 g/mol. The van der Waals surface area contributed by atoms with E-state index in [1.807, 2.05) is 0 Å². The summed E-state index contributed by atoms with van der Waals surface area (Å²) in [6.07, 6.45) is 2.90. The molecule has 4 rings (SSSR count). The molecule has 0 bridgehead atoms. The van der Waals surface area contributed by atoms with Gasteiger partial charge in [-0.1, -0.05) is 18.2 Å². The number of urea groups is 1. The molecule has 2 heterocycles. The Morgan fingerprint density at radius 3 is 2.63 bits per heavy atom. The Bertz CT molecular complexity index is 897. The van der Waals surface area contributed by atoms with Crippen LogP contribution in [0.3, 0.4) is 0 Å². The minimum Gasteiger partial charge on any atom is -0.376 e. The standard InChI is InChI=1S/C23H26FN3O3/c24-21-7-2-1-5-18(21)16-26-12-4-13-27(23(26)29)19-10-8-17(9-11-19)22(28)25-15-20-6-3-14-30-20/h1-2,5,7-11,20H,3-4,6,12-16H2,(H,25,28)/t20-/m0/s1. The summed E-state index contributed by atoms with van der Waals surface area (Å²) in [6.45, 7) is 2.69. The molecule has 0 unspecified atom stereocenters. The zero-order chi connectivity index (χ0) is 20.9. The molecule has 0 saturated carbocycles. The molecule has 2 aromatic rings. The number of hydrogen-bond donors (Lipinski definition) is 1. The molecule has 158 valence electrons. The molecule has 0 aliphatic carbocycles. The number of ether oxygens (including phenoxy) is 1. The van der Waals surface area contributed by atoms with Crippen LogP contribution in [0.25, 0.3) is 0 Å². The van der Waals surface area contributed by atoms with Crippen LogP contribution < -0.4 is 10.2 Å². The number of amides is 3. The number of carbonyl (C=O) groups excluding carboxylic acids is 2. The topological polar surface area (TPSA) is 61.9 Å². The first-order valence-corrected chi connectivity index (χ1v) is 10.4. The average Bonchev–Trinajstić information content (AvgIpc) is 3.29. The van der Waals surface area contributed by atoms with Gasteiger partial charge in [0.05, 0.1) is 12.6 Å². The number of hydrogen-bond acceptors (Lipinski definition) is 3. The minimum atomic E-state index is -0.305. The fourth-order valence-corrected chi connectivity index (χ4v) is 3.91. The van der Waals surface area contributed by atoms with E-state index >= 15 is 0 Å². The summed E-state index contributed by atoms with van der Waals surface area (Å²) in [5.41, 5.74) is 1.78. The predicted molar refractivity (Wildman–Crippen MR) is 112 cm³/mol. The van der Waals surface area contributed by atoms with Crippen molar-refractivity contribution in [3.63, 3.8) is 0 Å². The summed E-state index contributed by atoms with van der Waals surface area (Å²) < 4.78 is 19.5. The van der Waals surface area contributed by atoms with Crippen molar-refractivity contribution in [2.24, 2.45) is 0 Å². The van der Waals surface area contributed by atoms with E-state index in [2.05, 4.69) is 5.32 Å². The van der Waals surface area contributed by atoms with Gasteiger partial charge in [0.1, 0.15) is 5.82 Å². The molecule has 3 amide bonds. The summed E-state index contributed by atoms with van der Waals surface area (Å²) in [6, 6.07) is 13.4. The molecule has 1 atom stereocenters. The zero-order valence-corrected chi connectivity index (χ0v) is 16.9. The Morgan fingerprint density at radius 1 is 1.10 bits per heavy atom. The fraction of sp³-hybridized carbons (Fsp3) is 0.391. The van der Waals surface area contributed by atoms with Crippen LogP contribution in [0.1, 0.15) is 35.2 Å². The maximum Gasteiger partial charge on any atom is 0.324 e. The smallest absolute Gasteiger partial charge is 0.324 e. The van der Waals surface area contributed by atoms with Gasteiger partial charge in [-0.3, -0.25) is 9.69 Å². The van der Waals surface area contributed by atoms with E-state index < -0.39 is 0 Å². The van der Waals surface area contributed by atoms with Gasteiger partial charge in [0.15, 0.2) is 0 Å². The molecular formula is C23H26FN3O3. The van der Waals surface area contributed by atoms with E-state index in [9.17, 15) is 14.0 Å². The Balaban J connectivity index is 1.38. The van der Waals surface area contributed by atoms with Crippen LogP contribution in [-0.2, 0) is 11.3 Å². The van der Waals surface area contributed by atoms with Crippen LogP contribution in [0, 0.1) is 5.82 Å². The second kappa shape index (κ2) is 9.26. The quantitative estimate of drug-likeness (QED) is 0.791. The Morgan fingerprint density at radius 2 is 1.90 bits per heavy atom. The zero-order valence-electron chi connectivity index (χ0n) is 16.9. The van der Waals surface area contributed by atoms with Crippen molar-refractivity contribution in [2.45, 2.75) is 31.9 Å². The number of nitrogens with one attached hydrogen (secondary N) is 1. The highest BCUT2D eigenvalue weighted by atomic mass is 19.1. The summed E-state index contributed by atoms with van der Waals surface area (Å²) in [5, 5.41) is 2.90. The molecule has 0 spiro atoms. The van der Waals surface area contributed by atoms with E-state index in [-0.39, 0.29) is 30.4 Å². The molecule has 30 heavy (non-hydrogen) atoms. The van der Waals surface area contributed by atoms with Crippen molar-refractivity contribution in [3.8, 4) is 0 Å². The van der Waals surface area contributed by atoms with Crippen molar-refractivity contribution in [1.29, 1.82) is 0 Å². The van der Waals surface area contributed by atoms with Gasteiger partial charge in [-0.05, 0) is 49.6 Å². The first kappa shape index (κ1) is 20.3. The van der Waals surface area contributed by atoms with Crippen LogP contribution in [0.5, 0.6) is 0 Å². The third kappa shape index (κ3) is 4.62. The molecule has 0 aromatic heterocycles. The number of benzene rings is 2. The van der Waals surface area contributed by atoms with Gasteiger partial charge in [0, 0.05) is 43.1 Å². The van der Waals surface area contributed by atoms with Gasteiger partial charge in [-0.25, -0.2) is 9.18 Å². The molecule has 2 aromatic carbocycles. The molecule has 0 radical (unpaired) electrons. The first-order chi connectivity index (χ1) is 14.6. The van der Waals surface area contributed by atoms with E-state index in [0.717, 1.165) is 31.6 Å². The molecule has 2 fully saturated rings. The highest BCUT2D eigenvalue weighted by Gasteiger charge is 2.27. The van der Waals surface area contributed by atoms with Gasteiger partial charge < -0.3 is 15.0 Å². The maximum atomic E-state index is 14.0. The van der Waals surface area contributed by atoms with Gasteiger partial charge in [-0.15, -0.1) is 0 Å². The highest BCUT2D eigenvalue weighted by molar-refractivity contribution is 5.96. The Labute approximate surface area is 175 Å². The van der Waals surface area contributed by atoms with Crippen molar-refractivity contribution in [1.82, 2.24) is 10.2 Å². The molecule has 1 N–H and O–H groups in total. The summed E-state index contributed by atoms with van der Waals surface area (Å²) in [7, 11) is 0. The summed E-state index contributed by atoms with van der Waals surface area (Å²) in [4.78, 5) is 28.6. The number of halogens is 1. The second-order valence-corrected chi connectivity index (χ2v) is 7.69. The molecular weight excluding hydrogens is 385 g/mol. The number of carbonyl (C=O) groups is 2. The number of rotatable bonds is 6. The average molecular weight is 411 g/mol. The van der Waals surface area contributed by atoms with Crippen LogP contribution in [-0.4, -0.2) is 49.2 Å². The van der Waals surface area contributed by atoms with Crippen LogP contribution in [0.15, 0.2) is 48.5 Å². The normalized spacial score (nSPS) is 19.2. The number of anilines is 1. The van der Waals surface area contributed by atoms with E-state index in [1.54, 1.807) is 52.3 Å². The molecule has 2 aliphatic heterocycles. The van der Waals surface area contributed by atoms with Crippen LogP contribution in [0.2, 0.25) is 0 Å². The second-order valence-electron chi connectivity index (χ2n) is 7.69. The Hall–Kier alpha value is -2.93. The van der Waals surface area contributed by atoms with Crippen molar-refractivity contribution in [3.05, 3.63) is 65.5 Å². The lowest BCUT2D eigenvalue weighted by Crippen LogP contribution is -2.49. The lowest BCUT2D eigenvalue weighted by Gasteiger charge is -2.35. The first-order valence-electron chi connectivity index (χ1n) is 10.4. The lowest BCUT2D eigenvalue weighted by atomic mass is 10.1. The Kier molecular flexibility index (Phi) is 6.28. The summed E-state index contributed by atoms with van der Waals surface area (Å²) in [5.74, 6) is -0.455. The van der Waals surface area contributed by atoms with Crippen molar-refractivity contribution >= 4 is 17.6 Å². The van der Waals surface area contributed by atoms with Gasteiger partial charge >= 0.3 is 6.03 Å². The third-order valence-corrected chi connectivity index (χ3v) is 5.59. The fourth-order valence-electron chi connectivity index (χ4n) is 3.91. The molecule has 2 saturated heterocycles. The molecule has 6 nitrogen and oxygen atoms in total. The van der Waals surface area contributed by atoms with Crippen molar-refractivity contribution < 1.29 is 18.7 Å². The van der Waals surface area contributed by atoms with E-state index in [1.165, 1.54) is 6.07 Å². The van der Waals surface area contributed by atoms with E-state index in [0.29, 0.717) is 30.8 Å². The molecule has 2 aliphatic rings. The van der Waals surface area contributed by atoms with Gasteiger partial charge in [-0.2, -0.15) is 0 Å². The third-order valence-electron chi connectivity index (χ3n) is 5.59. The summed E-state index contributed by atoms with van der Waals surface area (Å²) >= 11 is 0.